The lowest BCUT2D eigenvalue weighted by molar-refractivity contribution is -0.124. The summed E-state index contributed by atoms with van der Waals surface area (Å²) in [7, 11) is 0. The molecule has 5 nitrogen and oxygen atoms in total. The van der Waals surface area contributed by atoms with Gasteiger partial charge in [0.05, 0.1) is 11.5 Å². The topological polar surface area (TPSA) is 75.4 Å². The van der Waals surface area contributed by atoms with Crippen LogP contribution in [0.3, 0.4) is 0 Å². The van der Waals surface area contributed by atoms with E-state index in [1.165, 1.54) is 0 Å². The van der Waals surface area contributed by atoms with Crippen LogP contribution in [0.5, 0.6) is 0 Å². The van der Waals surface area contributed by atoms with Gasteiger partial charge in [0.1, 0.15) is 6.17 Å². The molecule has 0 unspecified atom stereocenters. The third kappa shape index (κ3) is 1.94. The number of nitrogens with one attached hydrogen (secondary N) is 1. The summed E-state index contributed by atoms with van der Waals surface area (Å²) in [6.45, 7) is 0.631. The number of piperidine rings is 1. The summed E-state index contributed by atoms with van der Waals surface area (Å²) in [4.78, 5) is 25.6. The highest BCUT2D eigenvalue weighted by Gasteiger charge is 2.41. The first kappa shape index (κ1) is 12.3. The molecule has 1 aromatic carbocycles. The van der Waals surface area contributed by atoms with Crippen molar-refractivity contribution in [3.05, 3.63) is 28.8 Å². The van der Waals surface area contributed by atoms with E-state index in [2.05, 4.69) is 5.32 Å². The highest BCUT2D eigenvalue weighted by molar-refractivity contribution is 6.31. The Morgan fingerprint density at radius 2 is 2.26 bits per heavy atom. The van der Waals surface area contributed by atoms with Gasteiger partial charge in [0, 0.05) is 17.3 Å². The van der Waals surface area contributed by atoms with Crippen molar-refractivity contribution in [1.82, 2.24) is 4.90 Å². The quantitative estimate of drug-likeness (QED) is 0.816. The maximum atomic E-state index is 12.4. The van der Waals surface area contributed by atoms with E-state index in [1.54, 1.807) is 23.1 Å². The Hall–Kier alpha value is -1.75. The summed E-state index contributed by atoms with van der Waals surface area (Å²) >= 11 is 5.92. The fourth-order valence-corrected chi connectivity index (χ4v) is 3.01. The lowest BCUT2D eigenvalue weighted by Crippen LogP contribution is -2.58. The Labute approximate surface area is 115 Å². The maximum absolute atomic E-state index is 12.4. The zero-order valence-electron chi connectivity index (χ0n) is 10.2. The average Bonchev–Trinajstić information content (AvgIpc) is 2.39. The van der Waals surface area contributed by atoms with E-state index in [9.17, 15) is 9.59 Å². The minimum Gasteiger partial charge on any atom is -0.369 e. The van der Waals surface area contributed by atoms with E-state index in [-0.39, 0.29) is 23.9 Å². The van der Waals surface area contributed by atoms with Crippen LogP contribution < -0.4 is 11.1 Å². The molecular weight excluding hydrogens is 266 g/mol. The smallest absolute Gasteiger partial charge is 0.257 e. The maximum Gasteiger partial charge on any atom is 0.257 e. The van der Waals surface area contributed by atoms with Crippen molar-refractivity contribution in [3.63, 3.8) is 0 Å². The summed E-state index contributed by atoms with van der Waals surface area (Å²) in [5, 5.41) is 3.76. The SMILES string of the molecule is NC(=O)[C@H]1CCCN2C(=O)c3cc(Cl)ccc3N[C@H]12. The first-order valence-electron chi connectivity index (χ1n) is 6.24. The second-order valence-corrected chi connectivity index (χ2v) is 5.37. The molecule has 0 saturated carbocycles. The fraction of sp³-hybridized carbons (Fsp3) is 0.385. The number of anilines is 1. The van der Waals surface area contributed by atoms with Crippen LogP contribution in [0.2, 0.25) is 5.02 Å². The molecule has 100 valence electrons. The molecule has 6 heteroatoms. The number of nitrogens with zero attached hydrogens (tertiary/aromatic N) is 1. The zero-order chi connectivity index (χ0) is 13.6. The molecule has 0 aromatic heterocycles. The molecule has 2 atom stereocenters. The van der Waals surface area contributed by atoms with Crippen molar-refractivity contribution in [1.29, 1.82) is 0 Å². The number of halogens is 1. The van der Waals surface area contributed by atoms with Crippen molar-refractivity contribution in [2.75, 3.05) is 11.9 Å². The Morgan fingerprint density at radius 3 is 3.00 bits per heavy atom. The Morgan fingerprint density at radius 1 is 1.47 bits per heavy atom. The van der Waals surface area contributed by atoms with Crippen molar-refractivity contribution >= 4 is 29.1 Å². The second-order valence-electron chi connectivity index (χ2n) is 4.93. The van der Waals surface area contributed by atoms with Gasteiger partial charge in [-0.15, -0.1) is 0 Å². The molecule has 1 aromatic rings. The molecule has 0 aliphatic carbocycles. The van der Waals surface area contributed by atoms with Gasteiger partial charge in [-0.05, 0) is 31.0 Å². The average molecular weight is 280 g/mol. The van der Waals surface area contributed by atoms with Crippen molar-refractivity contribution < 1.29 is 9.59 Å². The van der Waals surface area contributed by atoms with Crippen molar-refractivity contribution in [2.45, 2.75) is 19.0 Å². The molecule has 0 spiro atoms. The zero-order valence-corrected chi connectivity index (χ0v) is 11.0. The standard InChI is InChI=1S/C13H14ClN3O2/c14-7-3-4-10-9(6-7)13(19)17-5-1-2-8(11(15)18)12(17)16-10/h3-4,6,8,12,16H,1-2,5H2,(H2,15,18)/t8-,12+/m1/s1. The fourth-order valence-electron chi connectivity index (χ4n) is 2.83. The molecule has 2 heterocycles. The van der Waals surface area contributed by atoms with Gasteiger partial charge < -0.3 is 16.0 Å². The van der Waals surface area contributed by atoms with Crippen LogP contribution in [0.4, 0.5) is 5.69 Å². The summed E-state index contributed by atoms with van der Waals surface area (Å²) in [5.74, 6) is -0.804. The van der Waals surface area contributed by atoms with Gasteiger partial charge >= 0.3 is 0 Å². The number of fused-ring (bicyclic) bond motifs is 2. The van der Waals surface area contributed by atoms with Crippen molar-refractivity contribution in [2.24, 2.45) is 11.7 Å². The highest BCUT2D eigenvalue weighted by Crippen LogP contribution is 2.34. The van der Waals surface area contributed by atoms with Crippen LogP contribution in [-0.4, -0.2) is 29.4 Å². The summed E-state index contributed by atoms with van der Waals surface area (Å²) in [6, 6.07) is 5.13. The number of nitrogens with two attached hydrogens (primary N) is 1. The predicted molar refractivity (Wildman–Crippen MR) is 71.8 cm³/mol. The van der Waals surface area contributed by atoms with E-state index in [1.807, 2.05) is 0 Å². The molecule has 19 heavy (non-hydrogen) atoms. The van der Waals surface area contributed by atoms with Gasteiger partial charge in [-0.25, -0.2) is 0 Å². The molecule has 2 amide bonds. The molecule has 2 aliphatic heterocycles. The van der Waals surface area contributed by atoms with E-state index < -0.39 is 0 Å². The largest absolute Gasteiger partial charge is 0.369 e. The predicted octanol–water partition coefficient (Wildman–Crippen LogP) is 1.43. The number of carbonyl (C=O) groups excluding carboxylic acids is 2. The van der Waals surface area contributed by atoms with E-state index >= 15 is 0 Å². The van der Waals surface area contributed by atoms with Crippen LogP contribution in [0, 0.1) is 5.92 Å². The number of benzene rings is 1. The van der Waals surface area contributed by atoms with Gasteiger partial charge in [0.2, 0.25) is 5.91 Å². The number of hydrogen-bond acceptors (Lipinski definition) is 3. The van der Waals surface area contributed by atoms with Gasteiger partial charge in [0.15, 0.2) is 0 Å². The van der Waals surface area contributed by atoms with E-state index in [0.29, 0.717) is 29.2 Å². The lowest BCUT2D eigenvalue weighted by atomic mass is 9.90. The van der Waals surface area contributed by atoms with Crippen LogP contribution in [0.1, 0.15) is 23.2 Å². The first-order valence-corrected chi connectivity index (χ1v) is 6.62. The first-order chi connectivity index (χ1) is 9.08. The minimum absolute atomic E-state index is 0.0906. The highest BCUT2D eigenvalue weighted by atomic mass is 35.5. The van der Waals surface area contributed by atoms with Gasteiger partial charge in [-0.3, -0.25) is 9.59 Å². The van der Waals surface area contributed by atoms with Gasteiger partial charge in [-0.1, -0.05) is 11.6 Å². The number of rotatable bonds is 1. The number of amides is 2. The summed E-state index contributed by atoms with van der Waals surface area (Å²) in [6.07, 6.45) is 1.15. The molecule has 2 aliphatic rings. The summed E-state index contributed by atoms with van der Waals surface area (Å²) in [5.41, 5.74) is 6.69. The van der Waals surface area contributed by atoms with Gasteiger partial charge in [0.25, 0.3) is 5.91 Å². The Kier molecular flexibility index (Phi) is 2.86. The molecule has 0 bridgehead atoms. The third-order valence-corrected chi connectivity index (χ3v) is 4.01. The van der Waals surface area contributed by atoms with Crippen LogP contribution >= 0.6 is 11.6 Å². The van der Waals surface area contributed by atoms with Crippen molar-refractivity contribution in [3.8, 4) is 0 Å². The van der Waals surface area contributed by atoms with Gasteiger partial charge in [-0.2, -0.15) is 0 Å². The monoisotopic (exact) mass is 279 g/mol. The second kappa shape index (κ2) is 4.42. The Balaban J connectivity index is 2.02. The third-order valence-electron chi connectivity index (χ3n) is 3.77. The molecule has 3 N–H and O–H groups in total. The molecule has 1 saturated heterocycles. The molecule has 1 fully saturated rings. The molecule has 3 rings (SSSR count). The van der Waals surface area contributed by atoms with Crippen LogP contribution in [0.15, 0.2) is 18.2 Å². The number of carbonyl (C=O) groups is 2. The van der Waals surface area contributed by atoms with Crippen LogP contribution in [-0.2, 0) is 4.79 Å². The summed E-state index contributed by atoms with van der Waals surface area (Å²) < 4.78 is 0. The van der Waals surface area contributed by atoms with E-state index in [4.69, 9.17) is 17.3 Å². The normalized spacial score (nSPS) is 25.3. The lowest BCUT2D eigenvalue weighted by Gasteiger charge is -2.44. The van der Waals surface area contributed by atoms with Crippen LogP contribution in [0.25, 0.3) is 0 Å². The minimum atomic E-state index is -0.368. The molecular formula is C13H14ClN3O2. The number of hydrogen-bond donors (Lipinski definition) is 2. The number of primary amides is 1. The Bertz CT molecular complexity index is 561. The molecule has 0 radical (unpaired) electrons. The van der Waals surface area contributed by atoms with E-state index in [0.717, 1.165) is 6.42 Å².